The van der Waals surface area contributed by atoms with Crippen LogP contribution >= 0.6 is 22.9 Å². The minimum Gasteiger partial charge on any atom is -0.370 e. The zero-order chi connectivity index (χ0) is 13.9. The van der Waals surface area contributed by atoms with Gasteiger partial charge in [-0.3, -0.25) is 0 Å². The molecule has 1 N–H and O–H groups in total. The Labute approximate surface area is 128 Å². The molecule has 0 spiro atoms. The van der Waals surface area contributed by atoms with E-state index in [2.05, 4.69) is 12.2 Å². The number of hydrogen-bond acceptors (Lipinski definition) is 4. The average molecular weight is 308 g/mol. The van der Waals surface area contributed by atoms with Crippen LogP contribution in [0.15, 0.2) is 11.4 Å². The molecule has 0 aromatic carbocycles. The van der Waals surface area contributed by atoms with Crippen LogP contribution in [-0.4, -0.2) is 16.5 Å². The minimum absolute atomic E-state index is 0.759. The van der Waals surface area contributed by atoms with Crippen molar-refractivity contribution >= 4 is 28.8 Å². The SMILES string of the molecule is CCCNc1nc(-c2cc(Cl)cs2)nc2c1CCCC2. The summed E-state index contributed by atoms with van der Waals surface area (Å²) in [7, 11) is 0. The molecule has 2 heterocycles. The molecular weight excluding hydrogens is 290 g/mol. The van der Waals surface area contributed by atoms with Crippen molar-refractivity contribution in [2.24, 2.45) is 0 Å². The Bertz CT molecular complexity index is 609. The Balaban J connectivity index is 2.03. The third-order valence-electron chi connectivity index (χ3n) is 3.51. The van der Waals surface area contributed by atoms with E-state index in [9.17, 15) is 0 Å². The number of rotatable bonds is 4. The van der Waals surface area contributed by atoms with Crippen LogP contribution in [0.3, 0.4) is 0 Å². The maximum atomic E-state index is 6.02. The first-order chi connectivity index (χ1) is 9.78. The second kappa shape index (κ2) is 6.10. The fourth-order valence-electron chi connectivity index (χ4n) is 2.52. The summed E-state index contributed by atoms with van der Waals surface area (Å²) in [4.78, 5) is 10.5. The predicted molar refractivity (Wildman–Crippen MR) is 85.8 cm³/mol. The van der Waals surface area contributed by atoms with Gasteiger partial charge >= 0.3 is 0 Å². The quantitative estimate of drug-likeness (QED) is 0.900. The maximum Gasteiger partial charge on any atom is 0.171 e. The Kier molecular flexibility index (Phi) is 4.22. The first kappa shape index (κ1) is 13.8. The smallest absolute Gasteiger partial charge is 0.171 e. The lowest BCUT2D eigenvalue weighted by Crippen LogP contribution is -2.13. The number of halogens is 1. The Morgan fingerprint density at radius 3 is 2.90 bits per heavy atom. The first-order valence-corrected chi connectivity index (χ1v) is 8.41. The van der Waals surface area contributed by atoms with Crippen LogP contribution in [0, 0.1) is 0 Å². The summed E-state index contributed by atoms with van der Waals surface area (Å²) in [5.41, 5.74) is 2.53. The summed E-state index contributed by atoms with van der Waals surface area (Å²) < 4.78 is 0. The van der Waals surface area contributed by atoms with Crippen molar-refractivity contribution in [1.29, 1.82) is 0 Å². The first-order valence-electron chi connectivity index (χ1n) is 7.16. The number of aromatic nitrogens is 2. The summed E-state index contributed by atoms with van der Waals surface area (Å²) in [5, 5.41) is 6.15. The summed E-state index contributed by atoms with van der Waals surface area (Å²) in [6.45, 7) is 3.12. The molecule has 20 heavy (non-hydrogen) atoms. The van der Waals surface area contributed by atoms with E-state index in [-0.39, 0.29) is 0 Å². The van der Waals surface area contributed by atoms with Crippen LogP contribution in [-0.2, 0) is 12.8 Å². The summed E-state index contributed by atoms with van der Waals surface area (Å²) >= 11 is 7.62. The van der Waals surface area contributed by atoms with Gasteiger partial charge in [0.2, 0.25) is 0 Å². The number of anilines is 1. The Morgan fingerprint density at radius 2 is 2.15 bits per heavy atom. The molecule has 0 amide bonds. The van der Waals surface area contributed by atoms with Crippen molar-refractivity contribution in [3.63, 3.8) is 0 Å². The van der Waals surface area contributed by atoms with Gasteiger partial charge in [-0.25, -0.2) is 9.97 Å². The molecule has 0 bridgehead atoms. The molecule has 0 saturated carbocycles. The highest BCUT2D eigenvalue weighted by molar-refractivity contribution is 7.14. The summed E-state index contributed by atoms with van der Waals surface area (Å²) in [5.74, 6) is 1.83. The molecule has 3 rings (SSSR count). The van der Waals surface area contributed by atoms with E-state index in [1.807, 2.05) is 11.4 Å². The molecule has 0 fully saturated rings. The van der Waals surface area contributed by atoms with E-state index in [0.29, 0.717) is 0 Å². The molecule has 0 atom stereocenters. The van der Waals surface area contributed by atoms with Gasteiger partial charge in [0, 0.05) is 23.2 Å². The van der Waals surface area contributed by atoms with E-state index in [1.165, 1.54) is 24.1 Å². The van der Waals surface area contributed by atoms with Gasteiger partial charge < -0.3 is 5.32 Å². The maximum absolute atomic E-state index is 6.02. The van der Waals surface area contributed by atoms with E-state index >= 15 is 0 Å². The predicted octanol–water partition coefficient (Wildman–Crippen LogP) is 4.56. The van der Waals surface area contributed by atoms with Crippen LogP contribution in [0.4, 0.5) is 5.82 Å². The van der Waals surface area contributed by atoms with Gasteiger partial charge in [0.1, 0.15) is 5.82 Å². The van der Waals surface area contributed by atoms with Crippen molar-refractivity contribution in [1.82, 2.24) is 9.97 Å². The molecule has 106 valence electrons. The number of aryl methyl sites for hydroxylation is 1. The second-order valence-corrected chi connectivity index (χ2v) is 6.43. The van der Waals surface area contributed by atoms with Gasteiger partial charge in [0.05, 0.1) is 9.90 Å². The van der Waals surface area contributed by atoms with Gasteiger partial charge in [-0.1, -0.05) is 18.5 Å². The van der Waals surface area contributed by atoms with E-state index in [4.69, 9.17) is 21.6 Å². The molecule has 3 nitrogen and oxygen atoms in total. The lowest BCUT2D eigenvalue weighted by Gasteiger charge is -2.19. The van der Waals surface area contributed by atoms with Gasteiger partial charge in [0.15, 0.2) is 5.82 Å². The van der Waals surface area contributed by atoms with Crippen LogP contribution in [0.1, 0.15) is 37.4 Å². The topological polar surface area (TPSA) is 37.8 Å². The standard InChI is InChI=1S/C15H18ClN3S/c1-2-7-17-14-11-5-3-4-6-12(11)18-15(19-14)13-8-10(16)9-20-13/h8-9H,2-7H2,1H3,(H,17,18,19). The van der Waals surface area contributed by atoms with Crippen LogP contribution < -0.4 is 5.32 Å². The number of nitrogens with zero attached hydrogens (tertiary/aromatic N) is 2. The zero-order valence-electron chi connectivity index (χ0n) is 11.6. The van der Waals surface area contributed by atoms with Crippen LogP contribution in [0.5, 0.6) is 0 Å². The molecule has 2 aromatic heterocycles. The van der Waals surface area contributed by atoms with Gasteiger partial charge in [0.25, 0.3) is 0 Å². The average Bonchev–Trinajstić information content (AvgIpc) is 2.91. The monoisotopic (exact) mass is 307 g/mol. The Hall–Kier alpha value is -1.13. The highest BCUT2D eigenvalue weighted by Crippen LogP contribution is 2.32. The highest BCUT2D eigenvalue weighted by Gasteiger charge is 2.18. The molecule has 1 aliphatic rings. The molecule has 2 aromatic rings. The third kappa shape index (κ3) is 2.81. The Morgan fingerprint density at radius 1 is 1.30 bits per heavy atom. The normalized spacial score (nSPS) is 14.1. The van der Waals surface area contributed by atoms with Crippen molar-refractivity contribution in [2.45, 2.75) is 39.0 Å². The highest BCUT2D eigenvalue weighted by atomic mass is 35.5. The van der Waals surface area contributed by atoms with Crippen molar-refractivity contribution in [2.75, 3.05) is 11.9 Å². The number of thiophene rings is 1. The van der Waals surface area contributed by atoms with Crippen molar-refractivity contribution in [3.8, 4) is 10.7 Å². The van der Waals surface area contributed by atoms with Crippen LogP contribution in [0.2, 0.25) is 5.02 Å². The largest absolute Gasteiger partial charge is 0.370 e. The molecule has 0 aliphatic heterocycles. The molecular formula is C15H18ClN3S. The third-order valence-corrected chi connectivity index (χ3v) is 4.79. The summed E-state index contributed by atoms with van der Waals surface area (Å²) in [6, 6.07) is 1.94. The summed E-state index contributed by atoms with van der Waals surface area (Å²) in [6.07, 6.45) is 5.71. The number of hydrogen-bond donors (Lipinski definition) is 1. The molecule has 1 aliphatic carbocycles. The number of nitrogens with one attached hydrogen (secondary N) is 1. The lowest BCUT2D eigenvalue weighted by molar-refractivity contribution is 0.664. The van der Waals surface area contributed by atoms with Crippen LogP contribution in [0.25, 0.3) is 10.7 Å². The lowest BCUT2D eigenvalue weighted by atomic mass is 9.96. The molecule has 5 heteroatoms. The molecule has 0 unspecified atom stereocenters. The minimum atomic E-state index is 0.759. The van der Waals surface area contributed by atoms with Crippen molar-refractivity contribution in [3.05, 3.63) is 27.7 Å². The number of fused-ring (bicyclic) bond motifs is 1. The van der Waals surface area contributed by atoms with E-state index in [0.717, 1.165) is 47.3 Å². The van der Waals surface area contributed by atoms with Crippen molar-refractivity contribution < 1.29 is 0 Å². The molecule has 0 saturated heterocycles. The second-order valence-electron chi connectivity index (χ2n) is 5.08. The van der Waals surface area contributed by atoms with E-state index < -0.39 is 0 Å². The fraction of sp³-hybridized carbons (Fsp3) is 0.467. The fourth-order valence-corrected chi connectivity index (χ4v) is 3.53. The van der Waals surface area contributed by atoms with Gasteiger partial charge in [-0.15, -0.1) is 11.3 Å². The van der Waals surface area contributed by atoms with Gasteiger partial charge in [-0.05, 0) is 38.2 Å². The van der Waals surface area contributed by atoms with E-state index in [1.54, 1.807) is 11.3 Å². The van der Waals surface area contributed by atoms with Gasteiger partial charge in [-0.2, -0.15) is 0 Å². The molecule has 0 radical (unpaired) electrons. The zero-order valence-corrected chi connectivity index (χ0v) is 13.2.